The van der Waals surface area contributed by atoms with Crippen LogP contribution in [0.2, 0.25) is 0 Å². The molecule has 0 aliphatic carbocycles. The van der Waals surface area contributed by atoms with Gasteiger partial charge >= 0.3 is 0 Å². The molecule has 19 heavy (non-hydrogen) atoms. The fraction of sp³-hybridized carbons (Fsp3) is 0.500. The first-order valence-corrected chi connectivity index (χ1v) is 6.53. The highest BCUT2D eigenvalue weighted by Crippen LogP contribution is 2.21. The van der Waals surface area contributed by atoms with Crippen LogP contribution in [0, 0.1) is 5.82 Å². The predicted octanol–water partition coefficient (Wildman–Crippen LogP) is 1.97. The Kier molecular flexibility index (Phi) is 6.29. The number of amides is 1. The molecule has 1 unspecified atom stereocenters. The van der Waals surface area contributed by atoms with Gasteiger partial charge in [-0.05, 0) is 37.6 Å². The van der Waals surface area contributed by atoms with E-state index in [0.29, 0.717) is 24.3 Å². The van der Waals surface area contributed by atoms with E-state index >= 15 is 0 Å². The maximum Gasteiger partial charge on any atom is 0.258 e. The lowest BCUT2D eigenvalue weighted by molar-refractivity contribution is -0.124. The van der Waals surface area contributed by atoms with Crippen LogP contribution in [0.4, 0.5) is 4.39 Å². The van der Waals surface area contributed by atoms with E-state index in [2.05, 4.69) is 12.2 Å². The molecule has 0 heterocycles. The van der Waals surface area contributed by atoms with Crippen LogP contribution >= 0.6 is 0 Å². The van der Waals surface area contributed by atoms with Crippen LogP contribution in [0.5, 0.6) is 5.75 Å². The second-order valence-corrected chi connectivity index (χ2v) is 4.35. The number of hydrogen-bond acceptors (Lipinski definition) is 3. The van der Waals surface area contributed by atoms with Gasteiger partial charge in [0.25, 0.3) is 5.91 Å². The molecule has 0 saturated carbocycles. The molecular formula is C14H21FN2O2. The smallest absolute Gasteiger partial charge is 0.258 e. The molecular weight excluding hydrogens is 247 g/mol. The maximum atomic E-state index is 13.3. The summed E-state index contributed by atoms with van der Waals surface area (Å²) in [7, 11) is 0. The molecule has 3 N–H and O–H groups in total. The van der Waals surface area contributed by atoms with Crippen molar-refractivity contribution in [2.24, 2.45) is 5.73 Å². The summed E-state index contributed by atoms with van der Waals surface area (Å²) in [4.78, 5) is 11.2. The number of halogens is 1. The van der Waals surface area contributed by atoms with Gasteiger partial charge in [-0.15, -0.1) is 0 Å². The first kappa shape index (κ1) is 15.4. The van der Waals surface area contributed by atoms with Gasteiger partial charge < -0.3 is 15.8 Å². The number of nitrogens with two attached hydrogens (primary N) is 1. The fourth-order valence-electron chi connectivity index (χ4n) is 1.70. The summed E-state index contributed by atoms with van der Waals surface area (Å²) < 4.78 is 18.8. The van der Waals surface area contributed by atoms with E-state index in [1.807, 2.05) is 6.92 Å². The molecule has 1 rings (SSSR count). The highest BCUT2D eigenvalue weighted by Gasteiger charge is 2.16. The third-order valence-electron chi connectivity index (χ3n) is 2.72. The first-order valence-electron chi connectivity index (χ1n) is 6.53. The molecule has 0 spiro atoms. The molecule has 0 aliphatic rings. The summed E-state index contributed by atoms with van der Waals surface area (Å²) in [6.45, 7) is 5.20. The van der Waals surface area contributed by atoms with E-state index in [1.54, 1.807) is 0 Å². The van der Waals surface area contributed by atoms with Crippen molar-refractivity contribution in [1.82, 2.24) is 5.32 Å². The van der Waals surface area contributed by atoms with Gasteiger partial charge in [0.05, 0.1) is 0 Å². The Labute approximate surface area is 113 Å². The highest BCUT2D eigenvalue weighted by atomic mass is 19.1. The van der Waals surface area contributed by atoms with E-state index in [0.717, 1.165) is 13.0 Å². The molecule has 5 heteroatoms. The Morgan fingerprint density at radius 3 is 2.79 bits per heavy atom. The van der Waals surface area contributed by atoms with Gasteiger partial charge in [0.1, 0.15) is 11.6 Å². The Bertz CT molecular complexity index is 424. The molecule has 0 aliphatic heterocycles. The van der Waals surface area contributed by atoms with E-state index in [-0.39, 0.29) is 5.82 Å². The van der Waals surface area contributed by atoms with Crippen LogP contribution in [0.25, 0.3) is 0 Å². The van der Waals surface area contributed by atoms with Crippen LogP contribution in [0.15, 0.2) is 18.2 Å². The third-order valence-corrected chi connectivity index (χ3v) is 2.72. The van der Waals surface area contributed by atoms with E-state index < -0.39 is 12.0 Å². The first-order chi connectivity index (χ1) is 9.08. The predicted molar refractivity (Wildman–Crippen MR) is 72.3 cm³/mol. The van der Waals surface area contributed by atoms with Crippen molar-refractivity contribution in [2.75, 3.05) is 6.54 Å². The highest BCUT2D eigenvalue weighted by molar-refractivity contribution is 5.79. The van der Waals surface area contributed by atoms with Crippen LogP contribution < -0.4 is 15.8 Å². The molecule has 4 nitrogen and oxygen atoms in total. The molecule has 0 saturated heterocycles. The lowest BCUT2D eigenvalue weighted by Crippen LogP contribution is -2.33. The van der Waals surface area contributed by atoms with E-state index in [1.165, 1.54) is 18.2 Å². The van der Waals surface area contributed by atoms with Gasteiger partial charge in [-0.2, -0.15) is 0 Å². The summed E-state index contributed by atoms with van der Waals surface area (Å²) in [6.07, 6.45) is 0.786. The lowest BCUT2D eigenvalue weighted by Gasteiger charge is -2.17. The molecule has 0 aromatic heterocycles. The van der Waals surface area contributed by atoms with Crippen molar-refractivity contribution in [1.29, 1.82) is 0 Å². The molecule has 0 radical (unpaired) electrons. The van der Waals surface area contributed by atoms with E-state index in [9.17, 15) is 9.18 Å². The van der Waals surface area contributed by atoms with Crippen LogP contribution in [0.3, 0.4) is 0 Å². The van der Waals surface area contributed by atoms with Gasteiger partial charge in [0, 0.05) is 12.1 Å². The number of carbonyl (C=O) groups is 1. The molecule has 1 atom stereocenters. The number of benzene rings is 1. The molecule has 1 aromatic carbocycles. The average molecular weight is 268 g/mol. The van der Waals surface area contributed by atoms with Crippen LogP contribution in [-0.2, 0) is 11.3 Å². The Hall–Kier alpha value is -1.62. The zero-order chi connectivity index (χ0) is 14.3. The Balaban J connectivity index is 2.83. The molecule has 106 valence electrons. The van der Waals surface area contributed by atoms with Gasteiger partial charge in [0.2, 0.25) is 0 Å². The topological polar surface area (TPSA) is 64.3 Å². The Morgan fingerprint density at radius 1 is 1.47 bits per heavy atom. The van der Waals surface area contributed by atoms with Gasteiger partial charge in [0.15, 0.2) is 6.10 Å². The van der Waals surface area contributed by atoms with Crippen molar-refractivity contribution < 1.29 is 13.9 Å². The summed E-state index contributed by atoms with van der Waals surface area (Å²) in [5, 5.41) is 3.18. The van der Waals surface area contributed by atoms with Crippen LogP contribution in [0.1, 0.15) is 32.3 Å². The molecule has 0 fully saturated rings. The van der Waals surface area contributed by atoms with Gasteiger partial charge in [-0.3, -0.25) is 4.79 Å². The number of primary amides is 1. The van der Waals surface area contributed by atoms with Crippen molar-refractivity contribution in [2.45, 2.75) is 39.3 Å². The number of hydrogen-bond donors (Lipinski definition) is 2. The van der Waals surface area contributed by atoms with Gasteiger partial charge in [-0.1, -0.05) is 13.8 Å². The van der Waals surface area contributed by atoms with Crippen molar-refractivity contribution >= 4 is 5.91 Å². The Morgan fingerprint density at radius 2 is 2.21 bits per heavy atom. The van der Waals surface area contributed by atoms with E-state index in [4.69, 9.17) is 10.5 Å². The number of rotatable bonds is 8. The largest absolute Gasteiger partial charge is 0.480 e. The SMILES string of the molecule is CCCNCc1cc(F)ccc1OC(CC)C(N)=O. The van der Waals surface area contributed by atoms with Crippen LogP contribution in [-0.4, -0.2) is 18.6 Å². The number of carbonyl (C=O) groups excluding carboxylic acids is 1. The third kappa shape index (κ3) is 4.87. The van der Waals surface area contributed by atoms with Crippen molar-refractivity contribution in [3.63, 3.8) is 0 Å². The molecule has 1 amide bonds. The lowest BCUT2D eigenvalue weighted by atomic mass is 10.1. The minimum Gasteiger partial charge on any atom is -0.480 e. The standard InChI is InChI=1S/C14H21FN2O2/c1-3-7-17-9-10-8-11(15)5-6-13(10)19-12(4-2)14(16)18/h5-6,8,12,17H,3-4,7,9H2,1-2H3,(H2,16,18). The van der Waals surface area contributed by atoms with Crippen molar-refractivity contribution in [3.05, 3.63) is 29.6 Å². The average Bonchev–Trinajstić information content (AvgIpc) is 2.37. The molecule has 1 aromatic rings. The zero-order valence-corrected chi connectivity index (χ0v) is 11.4. The normalized spacial score (nSPS) is 12.2. The minimum absolute atomic E-state index is 0.326. The second kappa shape index (κ2) is 7.74. The zero-order valence-electron chi connectivity index (χ0n) is 11.4. The maximum absolute atomic E-state index is 13.3. The number of nitrogens with one attached hydrogen (secondary N) is 1. The second-order valence-electron chi connectivity index (χ2n) is 4.35. The van der Waals surface area contributed by atoms with Crippen molar-refractivity contribution in [3.8, 4) is 5.75 Å². The summed E-state index contributed by atoms with van der Waals surface area (Å²) in [6, 6.07) is 4.25. The van der Waals surface area contributed by atoms with Gasteiger partial charge in [-0.25, -0.2) is 4.39 Å². The molecule has 0 bridgehead atoms. The quantitative estimate of drug-likeness (QED) is 0.708. The fourth-order valence-corrected chi connectivity index (χ4v) is 1.70. The number of ether oxygens (including phenoxy) is 1. The summed E-state index contributed by atoms with van der Waals surface area (Å²) in [5.74, 6) is -0.345. The summed E-state index contributed by atoms with van der Waals surface area (Å²) >= 11 is 0. The minimum atomic E-state index is -0.685. The monoisotopic (exact) mass is 268 g/mol. The summed E-state index contributed by atoms with van der Waals surface area (Å²) in [5.41, 5.74) is 5.93.